The van der Waals surface area contributed by atoms with Crippen LogP contribution in [-0.2, 0) is 9.53 Å². The minimum atomic E-state index is -0.181. The van der Waals surface area contributed by atoms with Crippen molar-refractivity contribution >= 4 is 34.3 Å². The smallest absolute Gasteiger partial charge is 0.305 e. The molecule has 0 spiro atoms. The lowest BCUT2D eigenvalue weighted by atomic mass is 10.0. The Hall–Kier alpha value is -0.910. The van der Waals surface area contributed by atoms with Gasteiger partial charge < -0.3 is 4.74 Å². The molecule has 1 aromatic carbocycles. The first-order chi connectivity index (χ1) is 8.65. The van der Waals surface area contributed by atoms with Gasteiger partial charge >= 0.3 is 5.97 Å². The molecule has 0 unspecified atom stereocenters. The van der Waals surface area contributed by atoms with Crippen LogP contribution in [0.3, 0.4) is 0 Å². The van der Waals surface area contributed by atoms with Gasteiger partial charge in [0.15, 0.2) is 5.78 Å². The molecule has 1 rings (SSSR count). The van der Waals surface area contributed by atoms with Gasteiger partial charge in [0.05, 0.1) is 6.61 Å². The van der Waals surface area contributed by atoms with Gasteiger partial charge in [-0.3, -0.25) is 9.59 Å². The maximum absolute atomic E-state index is 11.9. The van der Waals surface area contributed by atoms with E-state index in [0.717, 1.165) is 15.6 Å². The standard InChI is InChI=1S/C14H17IO3/c1-2-18-14(17)10-6-5-9-13(16)11-7-3-4-8-12(11)15/h3-4,7-8H,2,5-6,9-10H2,1H3. The van der Waals surface area contributed by atoms with Crippen molar-refractivity contribution in [1.29, 1.82) is 0 Å². The van der Waals surface area contributed by atoms with E-state index < -0.39 is 0 Å². The number of halogens is 1. The molecule has 0 saturated carbocycles. The van der Waals surface area contributed by atoms with E-state index in [0.29, 0.717) is 25.9 Å². The molecule has 0 radical (unpaired) electrons. The Morgan fingerprint density at radius 1 is 1.17 bits per heavy atom. The van der Waals surface area contributed by atoms with Crippen molar-refractivity contribution in [1.82, 2.24) is 0 Å². The van der Waals surface area contributed by atoms with Crippen molar-refractivity contribution in [2.24, 2.45) is 0 Å². The predicted molar refractivity (Wildman–Crippen MR) is 78.6 cm³/mol. The fraction of sp³-hybridized carbons (Fsp3) is 0.429. The second-order valence-electron chi connectivity index (χ2n) is 3.92. The Labute approximate surface area is 121 Å². The van der Waals surface area contributed by atoms with Gasteiger partial charge in [-0.05, 0) is 48.4 Å². The number of hydrogen-bond acceptors (Lipinski definition) is 3. The number of carbonyl (C=O) groups is 2. The van der Waals surface area contributed by atoms with E-state index in [-0.39, 0.29) is 11.8 Å². The summed E-state index contributed by atoms with van der Waals surface area (Å²) in [5.41, 5.74) is 0.772. The molecule has 0 aliphatic rings. The highest BCUT2D eigenvalue weighted by molar-refractivity contribution is 14.1. The quantitative estimate of drug-likeness (QED) is 0.323. The summed E-state index contributed by atoms with van der Waals surface area (Å²) in [4.78, 5) is 23.0. The fourth-order valence-corrected chi connectivity index (χ4v) is 2.30. The zero-order valence-electron chi connectivity index (χ0n) is 10.4. The molecule has 98 valence electrons. The molecule has 0 bridgehead atoms. The molecule has 4 heteroatoms. The van der Waals surface area contributed by atoms with Crippen LogP contribution in [0.5, 0.6) is 0 Å². The van der Waals surface area contributed by atoms with Crippen LogP contribution in [-0.4, -0.2) is 18.4 Å². The number of ketones is 1. The van der Waals surface area contributed by atoms with Gasteiger partial charge in [-0.2, -0.15) is 0 Å². The lowest BCUT2D eigenvalue weighted by Gasteiger charge is -2.04. The third-order valence-corrected chi connectivity index (χ3v) is 3.46. The summed E-state index contributed by atoms with van der Waals surface area (Å²) in [6.07, 6.45) is 2.31. The van der Waals surface area contributed by atoms with Crippen LogP contribution in [0.15, 0.2) is 24.3 Å². The van der Waals surface area contributed by atoms with Gasteiger partial charge in [-0.25, -0.2) is 0 Å². The highest BCUT2D eigenvalue weighted by atomic mass is 127. The average Bonchev–Trinajstić information content (AvgIpc) is 2.35. The Kier molecular flexibility index (Phi) is 6.93. The number of carbonyl (C=O) groups excluding carboxylic acids is 2. The molecule has 0 amide bonds. The Balaban J connectivity index is 2.30. The SMILES string of the molecule is CCOC(=O)CCCCC(=O)c1ccccc1I. The first-order valence-corrected chi connectivity index (χ1v) is 7.16. The van der Waals surface area contributed by atoms with Crippen molar-refractivity contribution in [3.8, 4) is 0 Å². The summed E-state index contributed by atoms with van der Waals surface area (Å²) in [6, 6.07) is 7.55. The summed E-state index contributed by atoms with van der Waals surface area (Å²) in [5, 5.41) is 0. The Bertz CT molecular complexity index is 415. The zero-order chi connectivity index (χ0) is 13.4. The van der Waals surface area contributed by atoms with Crippen molar-refractivity contribution < 1.29 is 14.3 Å². The lowest BCUT2D eigenvalue weighted by molar-refractivity contribution is -0.143. The zero-order valence-corrected chi connectivity index (χ0v) is 12.6. The maximum atomic E-state index is 11.9. The van der Waals surface area contributed by atoms with Crippen LogP contribution in [0.1, 0.15) is 43.0 Å². The van der Waals surface area contributed by atoms with Crippen molar-refractivity contribution in [3.63, 3.8) is 0 Å². The lowest BCUT2D eigenvalue weighted by Crippen LogP contribution is -2.05. The van der Waals surface area contributed by atoms with Crippen molar-refractivity contribution in [3.05, 3.63) is 33.4 Å². The predicted octanol–water partition coefficient (Wildman–Crippen LogP) is 3.60. The summed E-state index contributed by atoms with van der Waals surface area (Å²) < 4.78 is 5.80. The largest absolute Gasteiger partial charge is 0.466 e. The van der Waals surface area contributed by atoms with Crippen LogP contribution in [0.2, 0.25) is 0 Å². The van der Waals surface area contributed by atoms with Crippen LogP contribution in [0.4, 0.5) is 0 Å². The van der Waals surface area contributed by atoms with E-state index in [2.05, 4.69) is 22.6 Å². The fourth-order valence-electron chi connectivity index (χ4n) is 1.61. The second-order valence-corrected chi connectivity index (χ2v) is 5.08. The maximum Gasteiger partial charge on any atom is 0.305 e. The van der Waals surface area contributed by atoms with Gasteiger partial charge in [-0.1, -0.05) is 18.2 Å². The van der Waals surface area contributed by atoms with Gasteiger partial charge in [0.25, 0.3) is 0 Å². The molecule has 0 heterocycles. The van der Waals surface area contributed by atoms with E-state index >= 15 is 0 Å². The van der Waals surface area contributed by atoms with Crippen molar-refractivity contribution in [2.45, 2.75) is 32.6 Å². The number of hydrogen-bond donors (Lipinski definition) is 0. The molecule has 0 aliphatic carbocycles. The summed E-state index contributed by atoms with van der Waals surface area (Å²) in [6.45, 7) is 2.21. The number of esters is 1. The van der Waals surface area contributed by atoms with Gasteiger partial charge in [0, 0.05) is 22.0 Å². The van der Waals surface area contributed by atoms with E-state index in [9.17, 15) is 9.59 Å². The van der Waals surface area contributed by atoms with Crippen LogP contribution in [0.25, 0.3) is 0 Å². The molecule has 0 aromatic heterocycles. The number of unbranched alkanes of at least 4 members (excludes halogenated alkanes) is 1. The van der Waals surface area contributed by atoms with Gasteiger partial charge in [0.1, 0.15) is 0 Å². The monoisotopic (exact) mass is 360 g/mol. The number of ether oxygens (including phenoxy) is 1. The molecule has 0 atom stereocenters. The average molecular weight is 360 g/mol. The molecular weight excluding hydrogens is 343 g/mol. The first kappa shape index (κ1) is 15.1. The van der Waals surface area contributed by atoms with Gasteiger partial charge in [0.2, 0.25) is 0 Å². The summed E-state index contributed by atoms with van der Waals surface area (Å²) >= 11 is 2.16. The molecule has 3 nitrogen and oxygen atoms in total. The Morgan fingerprint density at radius 3 is 2.50 bits per heavy atom. The van der Waals surface area contributed by atoms with E-state index in [1.54, 1.807) is 6.92 Å². The molecule has 0 saturated heterocycles. The molecular formula is C14H17IO3. The highest BCUT2D eigenvalue weighted by Crippen LogP contribution is 2.15. The molecule has 0 N–H and O–H groups in total. The number of rotatable bonds is 7. The second kappa shape index (κ2) is 8.24. The number of benzene rings is 1. The first-order valence-electron chi connectivity index (χ1n) is 6.08. The summed E-state index contributed by atoms with van der Waals surface area (Å²) in [7, 11) is 0. The van der Waals surface area contributed by atoms with Gasteiger partial charge in [-0.15, -0.1) is 0 Å². The number of Topliss-reactive ketones (excluding diaryl/α,β-unsaturated/α-hetero) is 1. The highest BCUT2D eigenvalue weighted by Gasteiger charge is 2.09. The van der Waals surface area contributed by atoms with E-state index in [4.69, 9.17) is 4.74 Å². The topological polar surface area (TPSA) is 43.4 Å². The van der Waals surface area contributed by atoms with E-state index in [1.807, 2.05) is 24.3 Å². The van der Waals surface area contributed by atoms with Crippen LogP contribution in [0, 0.1) is 3.57 Å². The minimum Gasteiger partial charge on any atom is -0.466 e. The third-order valence-electron chi connectivity index (χ3n) is 2.51. The van der Waals surface area contributed by atoms with Crippen molar-refractivity contribution in [2.75, 3.05) is 6.61 Å². The normalized spacial score (nSPS) is 10.1. The summed E-state index contributed by atoms with van der Waals surface area (Å²) in [5.74, 6) is -0.0388. The molecule has 1 aromatic rings. The Morgan fingerprint density at radius 2 is 1.83 bits per heavy atom. The van der Waals surface area contributed by atoms with Crippen LogP contribution >= 0.6 is 22.6 Å². The molecule has 18 heavy (non-hydrogen) atoms. The molecule has 0 aliphatic heterocycles. The van der Waals surface area contributed by atoms with Crippen LogP contribution < -0.4 is 0 Å². The minimum absolute atomic E-state index is 0.142. The third kappa shape index (κ3) is 5.16. The van der Waals surface area contributed by atoms with E-state index in [1.165, 1.54) is 0 Å². The molecule has 0 fully saturated rings.